The van der Waals surface area contributed by atoms with Crippen LogP contribution in [0, 0.1) is 0 Å². The van der Waals surface area contributed by atoms with E-state index in [0.717, 1.165) is 12.1 Å². The van der Waals surface area contributed by atoms with Gasteiger partial charge in [-0.2, -0.15) is 26.3 Å². The van der Waals surface area contributed by atoms with E-state index in [0.29, 0.717) is 24.3 Å². The van der Waals surface area contributed by atoms with Crippen molar-refractivity contribution in [3.63, 3.8) is 0 Å². The van der Waals surface area contributed by atoms with Crippen molar-refractivity contribution in [3.05, 3.63) is 56.5 Å². The summed E-state index contributed by atoms with van der Waals surface area (Å²) < 4.78 is 82.4. The molecule has 0 atom stereocenters. The van der Waals surface area contributed by atoms with E-state index < -0.39 is 40.4 Å². The van der Waals surface area contributed by atoms with Gasteiger partial charge in [-0.25, -0.2) is 0 Å². The van der Waals surface area contributed by atoms with Gasteiger partial charge in [0.15, 0.2) is 0 Å². The number of hydrogen-bond acceptors (Lipinski definition) is 2. The molecule has 0 spiro atoms. The summed E-state index contributed by atoms with van der Waals surface area (Å²) in [6.45, 7) is 0. The van der Waals surface area contributed by atoms with Gasteiger partial charge in [0.1, 0.15) is 11.5 Å². The van der Waals surface area contributed by atoms with Gasteiger partial charge in [-0.1, -0.05) is 12.1 Å². The van der Waals surface area contributed by atoms with E-state index in [1.165, 1.54) is 0 Å². The predicted molar refractivity (Wildman–Crippen MR) is 84.5 cm³/mol. The summed E-state index contributed by atoms with van der Waals surface area (Å²) >= 11 is 5.47. The molecular weight excluding hydrogens is 486 g/mol. The van der Waals surface area contributed by atoms with Crippen molar-refractivity contribution in [2.45, 2.75) is 17.8 Å². The zero-order valence-electron chi connectivity index (χ0n) is 11.9. The molecule has 2 N–H and O–H groups in total. The highest BCUT2D eigenvalue weighted by molar-refractivity contribution is 9.10. The normalized spacial score (nSPS) is 13.1. The average Bonchev–Trinajstić information content (AvgIpc) is 2.44. The van der Waals surface area contributed by atoms with Crippen molar-refractivity contribution in [2.75, 3.05) is 0 Å². The van der Waals surface area contributed by atoms with Crippen molar-refractivity contribution in [3.8, 4) is 11.5 Å². The minimum Gasteiger partial charge on any atom is -0.507 e. The molecule has 0 bridgehead atoms. The van der Waals surface area contributed by atoms with E-state index in [4.69, 9.17) is 0 Å². The lowest BCUT2D eigenvalue weighted by molar-refractivity contribution is -0.288. The monoisotopic (exact) mass is 492 g/mol. The van der Waals surface area contributed by atoms with Gasteiger partial charge in [-0.15, -0.1) is 0 Å². The topological polar surface area (TPSA) is 40.5 Å². The predicted octanol–water partition coefficient (Wildman–Crippen LogP) is 6.03. The molecule has 10 heteroatoms. The molecule has 0 aliphatic carbocycles. The van der Waals surface area contributed by atoms with Crippen LogP contribution in [0.2, 0.25) is 0 Å². The first-order chi connectivity index (χ1) is 11.3. The van der Waals surface area contributed by atoms with Crippen LogP contribution in [0.3, 0.4) is 0 Å². The molecule has 0 radical (unpaired) electrons. The van der Waals surface area contributed by atoms with Gasteiger partial charge in [0.05, 0.1) is 8.95 Å². The molecule has 0 fully saturated rings. The average molecular weight is 494 g/mol. The number of phenolic OH excluding ortho intramolecular Hbond substituents is 2. The van der Waals surface area contributed by atoms with Gasteiger partial charge >= 0.3 is 12.4 Å². The molecule has 0 heterocycles. The lowest BCUT2D eigenvalue weighted by Gasteiger charge is -2.38. The number of hydrogen-bond donors (Lipinski definition) is 2. The maximum Gasteiger partial charge on any atom is 0.411 e. The zero-order valence-corrected chi connectivity index (χ0v) is 15.1. The fraction of sp³-hybridized carbons (Fsp3) is 0.200. The van der Waals surface area contributed by atoms with E-state index >= 15 is 0 Å². The molecule has 0 aliphatic heterocycles. The Hall–Kier alpha value is -1.42. The number of benzene rings is 2. The molecule has 0 aromatic heterocycles. The fourth-order valence-electron chi connectivity index (χ4n) is 2.46. The molecule has 0 saturated carbocycles. The van der Waals surface area contributed by atoms with Gasteiger partial charge < -0.3 is 10.2 Å². The SMILES string of the molecule is Oc1ccc(C(c2ccc(O)c(Br)c2)(C(F)(F)F)C(F)(F)F)cc1Br. The van der Waals surface area contributed by atoms with Crippen molar-refractivity contribution in [1.29, 1.82) is 0 Å². The largest absolute Gasteiger partial charge is 0.507 e. The van der Waals surface area contributed by atoms with Gasteiger partial charge in [0.2, 0.25) is 5.41 Å². The van der Waals surface area contributed by atoms with E-state index in [1.807, 2.05) is 0 Å². The summed E-state index contributed by atoms with van der Waals surface area (Å²) in [5.74, 6) is -1.01. The van der Waals surface area contributed by atoms with Crippen LogP contribution in [0.1, 0.15) is 11.1 Å². The first kappa shape index (κ1) is 19.9. The number of aromatic hydroxyl groups is 2. The third-order valence-electron chi connectivity index (χ3n) is 3.61. The summed E-state index contributed by atoms with van der Waals surface area (Å²) in [5, 5.41) is 18.8. The van der Waals surface area contributed by atoms with Crippen molar-refractivity contribution >= 4 is 31.9 Å². The maximum absolute atomic E-state index is 13.8. The van der Waals surface area contributed by atoms with Gasteiger partial charge in [-0.3, -0.25) is 0 Å². The van der Waals surface area contributed by atoms with E-state index in [1.54, 1.807) is 0 Å². The molecule has 0 unspecified atom stereocenters. The lowest BCUT2D eigenvalue weighted by Crippen LogP contribution is -2.54. The number of alkyl halides is 6. The van der Waals surface area contributed by atoms with Crippen LogP contribution in [0.4, 0.5) is 26.3 Å². The first-order valence-electron chi connectivity index (χ1n) is 6.44. The molecule has 136 valence electrons. The van der Waals surface area contributed by atoms with E-state index in [-0.39, 0.29) is 8.95 Å². The summed E-state index contributed by atoms with van der Waals surface area (Å²) in [6, 6.07) is 3.72. The van der Waals surface area contributed by atoms with E-state index in [2.05, 4.69) is 31.9 Å². The van der Waals surface area contributed by atoms with Crippen LogP contribution in [0.5, 0.6) is 11.5 Å². The fourth-order valence-corrected chi connectivity index (χ4v) is 3.22. The Balaban J connectivity index is 2.96. The molecule has 2 rings (SSSR count). The minimum absolute atomic E-state index is 0.319. The third-order valence-corrected chi connectivity index (χ3v) is 4.88. The Labute approximate surface area is 154 Å². The van der Waals surface area contributed by atoms with Crippen molar-refractivity contribution < 1.29 is 36.6 Å². The van der Waals surface area contributed by atoms with Crippen molar-refractivity contribution in [1.82, 2.24) is 0 Å². The van der Waals surface area contributed by atoms with Crippen LogP contribution < -0.4 is 0 Å². The second kappa shape index (κ2) is 6.39. The van der Waals surface area contributed by atoms with Gasteiger partial charge in [-0.05, 0) is 67.3 Å². The Kier molecular flexibility index (Phi) is 5.08. The Morgan fingerprint density at radius 1 is 0.640 bits per heavy atom. The number of rotatable bonds is 2. The van der Waals surface area contributed by atoms with Gasteiger partial charge in [0, 0.05) is 0 Å². The molecule has 0 saturated heterocycles. The first-order valence-corrected chi connectivity index (χ1v) is 8.02. The van der Waals surface area contributed by atoms with Crippen LogP contribution in [-0.4, -0.2) is 22.6 Å². The molecule has 2 aromatic rings. The van der Waals surface area contributed by atoms with Gasteiger partial charge in [0.25, 0.3) is 0 Å². The lowest BCUT2D eigenvalue weighted by atomic mass is 9.73. The zero-order chi connectivity index (χ0) is 19.2. The summed E-state index contributed by atoms with van der Waals surface area (Å²) in [5.41, 5.74) is -6.61. The number of phenols is 2. The molecule has 2 aromatic carbocycles. The standard InChI is InChI=1S/C15H8Br2F6O2/c16-9-5-7(1-3-11(9)24)13(14(18,19)20,15(21,22)23)8-2-4-12(25)10(17)6-8/h1-6,24-25H. The molecular formula is C15H8Br2F6O2. The van der Waals surface area contributed by atoms with Crippen molar-refractivity contribution in [2.24, 2.45) is 0 Å². The van der Waals surface area contributed by atoms with E-state index in [9.17, 15) is 36.6 Å². The molecule has 25 heavy (non-hydrogen) atoms. The molecule has 2 nitrogen and oxygen atoms in total. The second-order valence-corrected chi connectivity index (χ2v) is 6.79. The summed E-state index contributed by atoms with van der Waals surface area (Å²) in [6.07, 6.45) is -11.5. The Morgan fingerprint density at radius 2 is 0.960 bits per heavy atom. The molecule has 0 aliphatic rings. The summed E-state index contributed by atoms with van der Waals surface area (Å²) in [7, 11) is 0. The third kappa shape index (κ3) is 3.21. The second-order valence-electron chi connectivity index (χ2n) is 5.08. The van der Waals surface area contributed by atoms with Crippen LogP contribution in [-0.2, 0) is 5.41 Å². The Bertz CT molecular complexity index is 734. The molecule has 0 amide bonds. The quantitative estimate of drug-likeness (QED) is 0.501. The highest BCUT2D eigenvalue weighted by atomic mass is 79.9. The van der Waals surface area contributed by atoms with Crippen LogP contribution in [0.25, 0.3) is 0 Å². The number of halogens is 8. The highest BCUT2D eigenvalue weighted by Crippen LogP contribution is 2.57. The summed E-state index contributed by atoms with van der Waals surface area (Å²) in [4.78, 5) is 0. The van der Waals surface area contributed by atoms with Crippen LogP contribution in [0.15, 0.2) is 45.3 Å². The highest BCUT2D eigenvalue weighted by Gasteiger charge is 2.72. The Morgan fingerprint density at radius 3 is 1.20 bits per heavy atom. The maximum atomic E-state index is 13.8. The smallest absolute Gasteiger partial charge is 0.411 e. The minimum atomic E-state index is -5.75. The van der Waals surface area contributed by atoms with Crippen LogP contribution >= 0.6 is 31.9 Å².